The van der Waals surface area contributed by atoms with Gasteiger partial charge in [0.2, 0.25) is 0 Å². The highest BCUT2D eigenvalue weighted by Gasteiger charge is 2.37. The van der Waals surface area contributed by atoms with Gasteiger partial charge in [0.15, 0.2) is 0 Å². The van der Waals surface area contributed by atoms with Crippen molar-refractivity contribution in [2.75, 3.05) is 13.2 Å². The van der Waals surface area contributed by atoms with Crippen LogP contribution in [0.1, 0.15) is 34.1 Å². The number of hydrogen-bond donors (Lipinski definition) is 2. The van der Waals surface area contributed by atoms with Crippen molar-refractivity contribution in [3.63, 3.8) is 0 Å². The SMILES string of the molecule is CC1COC(C)C(C2NC(C)NCC2C)C1. The molecule has 3 heteroatoms. The molecule has 2 aliphatic rings. The van der Waals surface area contributed by atoms with E-state index in [0.717, 1.165) is 13.2 Å². The molecular formula is C13H26N2O. The molecule has 0 radical (unpaired) electrons. The highest BCUT2D eigenvalue weighted by molar-refractivity contribution is 4.92. The molecule has 0 aromatic rings. The third-order valence-corrected chi connectivity index (χ3v) is 4.18. The van der Waals surface area contributed by atoms with E-state index >= 15 is 0 Å². The van der Waals surface area contributed by atoms with Crippen LogP contribution in [0, 0.1) is 17.8 Å². The molecule has 2 N–H and O–H groups in total. The van der Waals surface area contributed by atoms with Gasteiger partial charge in [-0.25, -0.2) is 0 Å². The largest absolute Gasteiger partial charge is 0.378 e. The predicted octanol–water partition coefficient (Wildman–Crippen LogP) is 1.59. The molecule has 2 fully saturated rings. The van der Waals surface area contributed by atoms with Gasteiger partial charge in [0.25, 0.3) is 0 Å². The lowest BCUT2D eigenvalue weighted by Gasteiger charge is -2.45. The second kappa shape index (κ2) is 5.03. The Hall–Kier alpha value is -0.120. The minimum Gasteiger partial charge on any atom is -0.378 e. The monoisotopic (exact) mass is 226 g/mol. The van der Waals surface area contributed by atoms with Gasteiger partial charge in [0.1, 0.15) is 0 Å². The molecule has 0 saturated carbocycles. The zero-order chi connectivity index (χ0) is 11.7. The van der Waals surface area contributed by atoms with E-state index in [1.807, 2.05) is 0 Å². The fourth-order valence-electron chi connectivity index (χ4n) is 3.15. The molecule has 0 aromatic heterocycles. The number of ether oxygens (including phenoxy) is 1. The Kier molecular flexibility index (Phi) is 3.88. The Bertz CT molecular complexity index is 210. The van der Waals surface area contributed by atoms with Crippen LogP contribution in [0.5, 0.6) is 0 Å². The molecule has 0 amide bonds. The first-order valence-electron chi connectivity index (χ1n) is 6.69. The zero-order valence-corrected chi connectivity index (χ0v) is 11.0. The van der Waals surface area contributed by atoms with Crippen molar-refractivity contribution in [3.05, 3.63) is 0 Å². The molecule has 0 bridgehead atoms. The van der Waals surface area contributed by atoms with Crippen molar-refractivity contribution < 1.29 is 4.74 Å². The van der Waals surface area contributed by atoms with Gasteiger partial charge in [0.05, 0.1) is 12.3 Å². The minimum atomic E-state index is 0.404. The van der Waals surface area contributed by atoms with Crippen LogP contribution >= 0.6 is 0 Å². The molecule has 94 valence electrons. The minimum absolute atomic E-state index is 0.404. The highest BCUT2D eigenvalue weighted by atomic mass is 16.5. The molecule has 2 saturated heterocycles. The molecule has 16 heavy (non-hydrogen) atoms. The van der Waals surface area contributed by atoms with E-state index in [1.165, 1.54) is 6.42 Å². The smallest absolute Gasteiger partial charge is 0.0590 e. The van der Waals surface area contributed by atoms with Crippen molar-refractivity contribution in [2.24, 2.45) is 17.8 Å². The van der Waals surface area contributed by atoms with E-state index in [1.54, 1.807) is 0 Å². The first-order valence-corrected chi connectivity index (χ1v) is 6.69. The van der Waals surface area contributed by atoms with Crippen LogP contribution in [-0.2, 0) is 4.74 Å². The topological polar surface area (TPSA) is 33.3 Å². The summed E-state index contributed by atoms with van der Waals surface area (Å²) in [5, 5.41) is 7.17. The van der Waals surface area contributed by atoms with Crippen LogP contribution < -0.4 is 10.6 Å². The highest BCUT2D eigenvalue weighted by Crippen LogP contribution is 2.31. The fourth-order valence-corrected chi connectivity index (χ4v) is 3.15. The van der Waals surface area contributed by atoms with Gasteiger partial charge in [-0.15, -0.1) is 0 Å². The standard InChI is InChI=1S/C13H26N2O/c1-8-5-12(10(3)16-7-8)13-9(2)6-14-11(4)15-13/h8-15H,5-7H2,1-4H3. The maximum atomic E-state index is 5.88. The van der Waals surface area contributed by atoms with Gasteiger partial charge >= 0.3 is 0 Å². The number of rotatable bonds is 1. The van der Waals surface area contributed by atoms with Gasteiger partial charge in [-0.05, 0) is 32.1 Å². The molecule has 6 unspecified atom stereocenters. The van der Waals surface area contributed by atoms with E-state index in [9.17, 15) is 0 Å². The van der Waals surface area contributed by atoms with Gasteiger partial charge in [0, 0.05) is 25.1 Å². The molecule has 0 aliphatic carbocycles. The normalized spacial score (nSPS) is 50.2. The van der Waals surface area contributed by atoms with Crippen molar-refractivity contribution in [3.8, 4) is 0 Å². The van der Waals surface area contributed by atoms with E-state index in [4.69, 9.17) is 4.74 Å². The Morgan fingerprint density at radius 1 is 1.12 bits per heavy atom. The van der Waals surface area contributed by atoms with Crippen LogP contribution in [0.4, 0.5) is 0 Å². The van der Waals surface area contributed by atoms with Gasteiger partial charge in [-0.3, -0.25) is 5.32 Å². The summed E-state index contributed by atoms with van der Waals surface area (Å²) in [5.74, 6) is 2.07. The lowest BCUT2D eigenvalue weighted by atomic mass is 9.78. The van der Waals surface area contributed by atoms with E-state index in [0.29, 0.717) is 36.1 Å². The molecule has 0 spiro atoms. The van der Waals surface area contributed by atoms with Crippen molar-refractivity contribution >= 4 is 0 Å². The summed E-state index contributed by atoms with van der Waals surface area (Å²) in [4.78, 5) is 0. The Morgan fingerprint density at radius 3 is 2.62 bits per heavy atom. The lowest BCUT2D eigenvalue weighted by Crippen LogP contribution is -2.61. The van der Waals surface area contributed by atoms with Gasteiger partial charge < -0.3 is 10.1 Å². The van der Waals surface area contributed by atoms with Gasteiger partial charge in [-0.1, -0.05) is 13.8 Å². The summed E-state index contributed by atoms with van der Waals surface area (Å²) in [6.45, 7) is 11.1. The zero-order valence-electron chi connectivity index (χ0n) is 11.0. The first kappa shape index (κ1) is 12.3. The Balaban J connectivity index is 2.02. The average Bonchev–Trinajstić information content (AvgIpc) is 2.25. The second-order valence-electron chi connectivity index (χ2n) is 5.84. The first-order chi connectivity index (χ1) is 7.58. The molecule has 2 heterocycles. The number of hydrogen-bond acceptors (Lipinski definition) is 3. The molecule has 6 atom stereocenters. The van der Waals surface area contributed by atoms with Crippen molar-refractivity contribution in [1.82, 2.24) is 10.6 Å². The average molecular weight is 226 g/mol. The molecule has 2 aliphatic heterocycles. The summed E-state index contributed by atoms with van der Waals surface area (Å²) in [5.41, 5.74) is 0. The molecular weight excluding hydrogens is 200 g/mol. The summed E-state index contributed by atoms with van der Waals surface area (Å²) < 4.78 is 5.88. The van der Waals surface area contributed by atoms with Crippen LogP contribution in [0.3, 0.4) is 0 Å². The number of nitrogens with one attached hydrogen (secondary N) is 2. The summed E-state index contributed by atoms with van der Waals surface area (Å²) >= 11 is 0. The van der Waals surface area contributed by atoms with Crippen LogP contribution in [0.25, 0.3) is 0 Å². The fraction of sp³-hybridized carbons (Fsp3) is 1.00. The summed E-state index contributed by atoms with van der Waals surface area (Å²) in [7, 11) is 0. The van der Waals surface area contributed by atoms with Gasteiger partial charge in [-0.2, -0.15) is 0 Å². The molecule has 2 rings (SSSR count). The third kappa shape index (κ3) is 2.58. The molecule has 3 nitrogen and oxygen atoms in total. The third-order valence-electron chi connectivity index (χ3n) is 4.18. The molecule has 0 aromatic carbocycles. The van der Waals surface area contributed by atoms with Crippen molar-refractivity contribution in [1.29, 1.82) is 0 Å². The quantitative estimate of drug-likeness (QED) is 0.712. The lowest BCUT2D eigenvalue weighted by molar-refractivity contribution is -0.0638. The second-order valence-corrected chi connectivity index (χ2v) is 5.84. The predicted molar refractivity (Wildman–Crippen MR) is 66.2 cm³/mol. The van der Waals surface area contributed by atoms with E-state index in [-0.39, 0.29) is 0 Å². The maximum Gasteiger partial charge on any atom is 0.0590 e. The summed E-state index contributed by atoms with van der Waals surface area (Å²) in [6.07, 6.45) is 2.14. The maximum absolute atomic E-state index is 5.88. The van der Waals surface area contributed by atoms with Crippen LogP contribution in [0.2, 0.25) is 0 Å². The van der Waals surface area contributed by atoms with Crippen LogP contribution in [0.15, 0.2) is 0 Å². The Labute approximate surface area is 99.3 Å². The van der Waals surface area contributed by atoms with Crippen molar-refractivity contribution in [2.45, 2.75) is 52.4 Å². The summed E-state index contributed by atoms with van der Waals surface area (Å²) in [6, 6.07) is 0.606. The van der Waals surface area contributed by atoms with E-state index < -0.39 is 0 Å². The van der Waals surface area contributed by atoms with E-state index in [2.05, 4.69) is 38.3 Å². The Morgan fingerprint density at radius 2 is 1.88 bits per heavy atom. The van der Waals surface area contributed by atoms with Crippen LogP contribution in [-0.4, -0.2) is 31.5 Å².